The van der Waals surface area contributed by atoms with Crippen molar-refractivity contribution < 1.29 is 9.90 Å². The first kappa shape index (κ1) is 15.7. The van der Waals surface area contributed by atoms with Gasteiger partial charge in [0.15, 0.2) is 0 Å². The summed E-state index contributed by atoms with van der Waals surface area (Å²) >= 11 is 0. The molecule has 0 heterocycles. The highest BCUT2D eigenvalue weighted by molar-refractivity contribution is 5.82. The summed E-state index contributed by atoms with van der Waals surface area (Å²) in [6, 6.07) is 8.70. The Morgan fingerprint density at radius 3 is 2.58 bits per heavy atom. The van der Waals surface area contributed by atoms with Crippen LogP contribution in [-0.4, -0.2) is 24.2 Å². The van der Waals surface area contributed by atoms with Crippen LogP contribution >= 0.6 is 0 Å². The minimum atomic E-state index is -0.627. The molecule has 0 radical (unpaired) electrons. The molecule has 1 amide bonds. The molecule has 1 unspecified atom stereocenters. The Morgan fingerprint density at radius 1 is 1.32 bits per heavy atom. The number of nitrogens with two attached hydrogens (primary N) is 1. The van der Waals surface area contributed by atoms with Crippen LogP contribution in [0.1, 0.15) is 37.8 Å². The number of rotatable bonds is 8. The zero-order chi connectivity index (χ0) is 14.1. The van der Waals surface area contributed by atoms with E-state index in [0.29, 0.717) is 18.9 Å². The quantitative estimate of drug-likeness (QED) is 0.667. The summed E-state index contributed by atoms with van der Waals surface area (Å²) in [4.78, 5) is 12.0. The molecule has 1 rings (SSSR count). The summed E-state index contributed by atoms with van der Waals surface area (Å²) in [6.45, 7) is 2.83. The number of amides is 1. The molecule has 4 nitrogen and oxygen atoms in total. The highest BCUT2D eigenvalue weighted by Gasteiger charge is 2.16. The summed E-state index contributed by atoms with van der Waals surface area (Å²) in [7, 11) is 0. The average Bonchev–Trinajstić information content (AvgIpc) is 2.45. The lowest BCUT2D eigenvalue weighted by atomic mass is 10.00. The molecule has 19 heavy (non-hydrogen) atoms. The number of nitrogens with one attached hydrogen (secondary N) is 1. The van der Waals surface area contributed by atoms with E-state index >= 15 is 0 Å². The van der Waals surface area contributed by atoms with Crippen molar-refractivity contribution in [2.75, 3.05) is 13.2 Å². The third-order valence-electron chi connectivity index (χ3n) is 3.24. The first-order valence-corrected chi connectivity index (χ1v) is 6.88. The lowest BCUT2D eigenvalue weighted by Gasteiger charge is -2.18. The second-order valence-electron chi connectivity index (χ2n) is 4.80. The topological polar surface area (TPSA) is 75.3 Å². The van der Waals surface area contributed by atoms with Crippen molar-refractivity contribution >= 4 is 5.91 Å². The number of hydrogen-bond acceptors (Lipinski definition) is 3. The van der Waals surface area contributed by atoms with Crippen LogP contribution in [0.3, 0.4) is 0 Å². The number of aliphatic hydroxyl groups excluding tert-OH is 1. The average molecular weight is 264 g/mol. The van der Waals surface area contributed by atoms with Gasteiger partial charge in [-0.15, -0.1) is 0 Å². The van der Waals surface area contributed by atoms with Crippen LogP contribution in [0.4, 0.5) is 0 Å². The molecule has 1 aromatic carbocycles. The zero-order valence-electron chi connectivity index (χ0n) is 11.5. The molecule has 4 heteroatoms. The van der Waals surface area contributed by atoms with Gasteiger partial charge in [0, 0.05) is 13.2 Å². The summed E-state index contributed by atoms with van der Waals surface area (Å²) in [5, 5.41) is 11.9. The fraction of sp³-hybridized carbons (Fsp3) is 0.533. The summed E-state index contributed by atoms with van der Waals surface area (Å²) in [6.07, 6.45) is 2.77. The second kappa shape index (κ2) is 8.67. The van der Waals surface area contributed by atoms with Gasteiger partial charge in [-0.3, -0.25) is 4.79 Å². The molecule has 2 atom stereocenters. The van der Waals surface area contributed by atoms with Crippen molar-refractivity contribution in [2.24, 2.45) is 11.7 Å². The van der Waals surface area contributed by atoms with Gasteiger partial charge < -0.3 is 16.2 Å². The number of aliphatic hydroxyl groups is 1. The van der Waals surface area contributed by atoms with Gasteiger partial charge in [0.25, 0.3) is 0 Å². The molecule has 0 aliphatic heterocycles. The van der Waals surface area contributed by atoms with Gasteiger partial charge in [-0.05, 0) is 24.3 Å². The standard InChI is InChI=1S/C15H24N2O2/c1-2-6-12(9-10-18)11-17-15(19)14(16)13-7-4-3-5-8-13/h3-5,7-8,12,14,18H,2,6,9-11,16H2,1H3,(H,17,19)/t12?,14-/m1/s1. The molecular formula is C15H24N2O2. The molecule has 0 aliphatic rings. The van der Waals surface area contributed by atoms with Gasteiger partial charge in [0.05, 0.1) is 0 Å². The van der Waals surface area contributed by atoms with Crippen molar-refractivity contribution in [1.82, 2.24) is 5.32 Å². The van der Waals surface area contributed by atoms with Crippen LogP contribution in [0.5, 0.6) is 0 Å². The molecule has 4 N–H and O–H groups in total. The Hall–Kier alpha value is -1.39. The lowest BCUT2D eigenvalue weighted by molar-refractivity contribution is -0.122. The summed E-state index contributed by atoms with van der Waals surface area (Å²) in [5.74, 6) is 0.159. The fourth-order valence-electron chi connectivity index (χ4n) is 2.11. The van der Waals surface area contributed by atoms with E-state index in [-0.39, 0.29) is 12.5 Å². The van der Waals surface area contributed by atoms with Crippen molar-refractivity contribution in [2.45, 2.75) is 32.2 Å². The van der Waals surface area contributed by atoms with E-state index in [4.69, 9.17) is 10.8 Å². The molecule has 1 aromatic rings. The highest BCUT2D eigenvalue weighted by atomic mass is 16.3. The second-order valence-corrected chi connectivity index (χ2v) is 4.80. The van der Waals surface area contributed by atoms with E-state index in [0.717, 1.165) is 18.4 Å². The van der Waals surface area contributed by atoms with Crippen LogP contribution in [0, 0.1) is 5.92 Å². The molecule has 0 fully saturated rings. The maximum atomic E-state index is 12.0. The molecule has 106 valence electrons. The third kappa shape index (κ3) is 5.41. The van der Waals surface area contributed by atoms with Gasteiger partial charge >= 0.3 is 0 Å². The van der Waals surface area contributed by atoms with Gasteiger partial charge in [-0.1, -0.05) is 43.7 Å². The van der Waals surface area contributed by atoms with Crippen LogP contribution < -0.4 is 11.1 Å². The molecule has 0 bridgehead atoms. The van der Waals surface area contributed by atoms with Crippen molar-refractivity contribution in [3.63, 3.8) is 0 Å². The number of carbonyl (C=O) groups excluding carboxylic acids is 1. The van der Waals surface area contributed by atoms with Crippen molar-refractivity contribution in [1.29, 1.82) is 0 Å². The monoisotopic (exact) mass is 264 g/mol. The van der Waals surface area contributed by atoms with Crippen LogP contribution in [0.25, 0.3) is 0 Å². The molecule has 0 saturated carbocycles. The van der Waals surface area contributed by atoms with Crippen molar-refractivity contribution in [3.8, 4) is 0 Å². The Kier molecular flexibility index (Phi) is 7.15. The minimum absolute atomic E-state index is 0.158. The van der Waals surface area contributed by atoms with Gasteiger partial charge in [-0.25, -0.2) is 0 Å². The Balaban J connectivity index is 2.45. The first-order valence-electron chi connectivity index (χ1n) is 6.88. The van der Waals surface area contributed by atoms with E-state index in [1.165, 1.54) is 0 Å². The zero-order valence-corrected chi connectivity index (χ0v) is 11.5. The number of hydrogen-bond donors (Lipinski definition) is 3. The molecule has 0 saturated heterocycles. The minimum Gasteiger partial charge on any atom is -0.396 e. The number of carbonyl (C=O) groups is 1. The van der Waals surface area contributed by atoms with Gasteiger partial charge in [-0.2, -0.15) is 0 Å². The Morgan fingerprint density at radius 2 is 2.00 bits per heavy atom. The lowest BCUT2D eigenvalue weighted by Crippen LogP contribution is -2.37. The maximum absolute atomic E-state index is 12.0. The Bertz CT molecular complexity index is 362. The third-order valence-corrected chi connectivity index (χ3v) is 3.24. The predicted molar refractivity (Wildman–Crippen MR) is 76.5 cm³/mol. The highest BCUT2D eigenvalue weighted by Crippen LogP contribution is 2.12. The molecule has 0 spiro atoms. The van der Waals surface area contributed by atoms with E-state index < -0.39 is 6.04 Å². The van der Waals surface area contributed by atoms with Gasteiger partial charge in [0.1, 0.15) is 6.04 Å². The van der Waals surface area contributed by atoms with E-state index in [2.05, 4.69) is 12.2 Å². The first-order chi connectivity index (χ1) is 9.19. The van der Waals surface area contributed by atoms with Crippen LogP contribution in [0.2, 0.25) is 0 Å². The van der Waals surface area contributed by atoms with Gasteiger partial charge in [0.2, 0.25) is 5.91 Å². The largest absolute Gasteiger partial charge is 0.396 e. The molecular weight excluding hydrogens is 240 g/mol. The molecule has 0 aliphatic carbocycles. The Labute approximate surface area is 115 Å². The SMILES string of the molecule is CCCC(CCO)CNC(=O)[C@H](N)c1ccccc1. The van der Waals surface area contributed by atoms with Crippen molar-refractivity contribution in [3.05, 3.63) is 35.9 Å². The van der Waals surface area contributed by atoms with E-state index in [1.807, 2.05) is 30.3 Å². The van der Waals surface area contributed by atoms with Crippen LogP contribution in [-0.2, 0) is 4.79 Å². The van der Waals surface area contributed by atoms with E-state index in [9.17, 15) is 4.79 Å². The normalized spacial score (nSPS) is 13.8. The maximum Gasteiger partial charge on any atom is 0.241 e. The summed E-state index contributed by atoms with van der Waals surface area (Å²) in [5.41, 5.74) is 6.73. The van der Waals surface area contributed by atoms with Crippen LogP contribution in [0.15, 0.2) is 30.3 Å². The molecule has 0 aromatic heterocycles. The van der Waals surface area contributed by atoms with E-state index in [1.54, 1.807) is 0 Å². The predicted octanol–water partition coefficient (Wildman–Crippen LogP) is 1.60. The smallest absolute Gasteiger partial charge is 0.241 e. The summed E-state index contributed by atoms with van der Waals surface area (Å²) < 4.78 is 0. The fourth-order valence-corrected chi connectivity index (χ4v) is 2.11. The number of benzene rings is 1.